The number of hydrogen-bond acceptors (Lipinski definition) is 4. The first-order valence-electron chi connectivity index (χ1n) is 13.8. The number of para-hydroxylation sites is 1. The Morgan fingerprint density at radius 3 is 2.37 bits per heavy atom. The van der Waals surface area contributed by atoms with Crippen LogP contribution in [0, 0.1) is 0 Å². The minimum absolute atomic E-state index is 0.0441. The lowest BCUT2D eigenvalue weighted by Gasteiger charge is -2.31. The highest BCUT2D eigenvalue weighted by Gasteiger charge is 2.27. The van der Waals surface area contributed by atoms with Crippen LogP contribution in [0.5, 0.6) is 0 Å². The predicted octanol–water partition coefficient (Wildman–Crippen LogP) is 6.46. The summed E-state index contributed by atoms with van der Waals surface area (Å²) >= 11 is 0. The van der Waals surface area contributed by atoms with Crippen LogP contribution in [0.25, 0.3) is 6.08 Å². The zero-order chi connectivity index (χ0) is 26.5. The van der Waals surface area contributed by atoms with Gasteiger partial charge in [0.25, 0.3) is 5.91 Å². The van der Waals surface area contributed by atoms with Gasteiger partial charge in [0.05, 0.1) is 6.04 Å². The van der Waals surface area contributed by atoms with Crippen molar-refractivity contribution in [3.8, 4) is 0 Å². The van der Waals surface area contributed by atoms with E-state index in [9.17, 15) is 4.79 Å². The van der Waals surface area contributed by atoms with Crippen molar-refractivity contribution >= 4 is 23.4 Å². The Kier molecular flexibility index (Phi) is 8.26. The van der Waals surface area contributed by atoms with E-state index in [-0.39, 0.29) is 11.9 Å². The largest absolute Gasteiger partial charge is 0.381 e. The van der Waals surface area contributed by atoms with E-state index < -0.39 is 0 Å². The Labute approximate surface area is 227 Å². The SMILES string of the molecule is CCc1ccc(C2CC(C(=O)Nc3ccc(CN(C)C4CCOCC4)cc3)=Cc3ccccc3N2C)cc1. The highest BCUT2D eigenvalue weighted by Crippen LogP contribution is 2.38. The zero-order valence-electron chi connectivity index (χ0n) is 22.8. The molecule has 1 unspecified atom stereocenters. The summed E-state index contributed by atoms with van der Waals surface area (Å²) in [5.74, 6) is -0.0441. The van der Waals surface area contributed by atoms with E-state index in [4.69, 9.17) is 4.74 Å². The van der Waals surface area contributed by atoms with Gasteiger partial charge in [0.1, 0.15) is 0 Å². The van der Waals surface area contributed by atoms with Gasteiger partial charge in [-0.3, -0.25) is 9.69 Å². The summed E-state index contributed by atoms with van der Waals surface area (Å²) in [6.45, 7) is 4.76. The van der Waals surface area contributed by atoms with Gasteiger partial charge in [-0.1, -0.05) is 61.5 Å². The number of nitrogens with zero attached hydrogens (tertiary/aromatic N) is 2. The number of carbonyl (C=O) groups excluding carboxylic acids is 1. The van der Waals surface area contributed by atoms with Crippen molar-refractivity contribution in [2.75, 3.05) is 37.5 Å². The molecule has 2 aliphatic heterocycles. The molecule has 3 aromatic carbocycles. The Morgan fingerprint density at radius 1 is 0.974 bits per heavy atom. The van der Waals surface area contributed by atoms with Crippen molar-refractivity contribution in [3.05, 3.63) is 101 Å². The minimum Gasteiger partial charge on any atom is -0.381 e. The number of amides is 1. The summed E-state index contributed by atoms with van der Waals surface area (Å²) in [7, 11) is 4.31. The van der Waals surface area contributed by atoms with Crippen molar-refractivity contribution in [2.45, 2.75) is 51.2 Å². The number of hydrogen-bond donors (Lipinski definition) is 1. The van der Waals surface area contributed by atoms with Gasteiger partial charge in [0.2, 0.25) is 0 Å². The van der Waals surface area contributed by atoms with Crippen LogP contribution in [0.3, 0.4) is 0 Å². The van der Waals surface area contributed by atoms with Crippen LogP contribution in [-0.2, 0) is 22.5 Å². The van der Waals surface area contributed by atoms with E-state index in [2.05, 4.69) is 96.8 Å². The predicted molar refractivity (Wildman–Crippen MR) is 156 cm³/mol. The number of carbonyl (C=O) groups is 1. The standard InChI is InChI=1S/C33H39N3O2/c1-4-24-9-13-26(14-10-24)32-22-28(21-27-7-5-6-8-31(27)36(32)3)33(37)34-29-15-11-25(12-16-29)23-35(2)30-17-19-38-20-18-30/h5-16,21,30,32H,4,17-20,22-23H2,1-3H3,(H,34,37). The van der Waals surface area contributed by atoms with Gasteiger partial charge >= 0.3 is 0 Å². The van der Waals surface area contributed by atoms with E-state index in [1.54, 1.807) is 0 Å². The Bertz CT molecular complexity index is 1260. The van der Waals surface area contributed by atoms with Crippen molar-refractivity contribution < 1.29 is 9.53 Å². The Hall–Kier alpha value is -3.41. The normalized spacial score (nSPS) is 18.1. The third kappa shape index (κ3) is 6.01. The number of ether oxygens (including phenoxy) is 1. The van der Waals surface area contributed by atoms with Gasteiger partial charge in [0, 0.05) is 56.2 Å². The summed E-state index contributed by atoms with van der Waals surface area (Å²) in [5.41, 5.74) is 7.60. The molecule has 1 amide bonds. The average molecular weight is 510 g/mol. The summed E-state index contributed by atoms with van der Waals surface area (Å²) in [6, 6.07) is 26.0. The molecule has 0 spiro atoms. The van der Waals surface area contributed by atoms with E-state index in [1.807, 2.05) is 18.2 Å². The molecular formula is C33H39N3O2. The third-order valence-corrected chi connectivity index (χ3v) is 8.05. The lowest BCUT2D eigenvalue weighted by atomic mass is 9.96. The number of aryl methyl sites for hydroxylation is 1. The van der Waals surface area contributed by atoms with E-state index in [1.165, 1.54) is 16.7 Å². The topological polar surface area (TPSA) is 44.8 Å². The first-order chi connectivity index (χ1) is 18.5. The monoisotopic (exact) mass is 509 g/mol. The smallest absolute Gasteiger partial charge is 0.251 e. The number of benzene rings is 3. The van der Waals surface area contributed by atoms with Crippen LogP contribution >= 0.6 is 0 Å². The molecule has 2 aliphatic rings. The fourth-order valence-electron chi connectivity index (χ4n) is 5.61. The molecule has 0 aromatic heterocycles. The maximum absolute atomic E-state index is 13.6. The molecule has 5 heteroatoms. The van der Waals surface area contributed by atoms with Crippen LogP contribution in [0.15, 0.2) is 78.4 Å². The molecule has 2 heterocycles. The summed E-state index contributed by atoms with van der Waals surface area (Å²) in [4.78, 5) is 18.3. The van der Waals surface area contributed by atoms with E-state index in [0.717, 1.165) is 61.5 Å². The molecule has 1 fully saturated rings. The fourth-order valence-corrected chi connectivity index (χ4v) is 5.61. The zero-order valence-corrected chi connectivity index (χ0v) is 22.8. The van der Waals surface area contributed by atoms with Crippen molar-refractivity contribution in [3.63, 3.8) is 0 Å². The Morgan fingerprint density at radius 2 is 1.66 bits per heavy atom. The van der Waals surface area contributed by atoms with Crippen LogP contribution < -0.4 is 10.2 Å². The van der Waals surface area contributed by atoms with E-state index in [0.29, 0.717) is 12.5 Å². The minimum atomic E-state index is -0.0441. The average Bonchev–Trinajstić information content (AvgIpc) is 3.11. The van der Waals surface area contributed by atoms with E-state index >= 15 is 0 Å². The molecule has 198 valence electrons. The van der Waals surface area contributed by atoms with Crippen LogP contribution in [0.4, 0.5) is 11.4 Å². The maximum atomic E-state index is 13.6. The third-order valence-electron chi connectivity index (χ3n) is 8.05. The molecule has 1 atom stereocenters. The second kappa shape index (κ2) is 12.0. The van der Waals surface area contributed by atoms with Gasteiger partial charge < -0.3 is 15.0 Å². The highest BCUT2D eigenvalue weighted by atomic mass is 16.5. The molecule has 1 saturated heterocycles. The number of rotatable bonds is 7. The molecule has 38 heavy (non-hydrogen) atoms. The van der Waals surface area contributed by atoms with Gasteiger partial charge in [0.15, 0.2) is 0 Å². The highest BCUT2D eigenvalue weighted by molar-refractivity contribution is 6.07. The van der Waals surface area contributed by atoms with Gasteiger partial charge in [-0.15, -0.1) is 0 Å². The maximum Gasteiger partial charge on any atom is 0.251 e. The van der Waals surface area contributed by atoms with Gasteiger partial charge in [-0.25, -0.2) is 0 Å². The van der Waals surface area contributed by atoms with Gasteiger partial charge in [-0.2, -0.15) is 0 Å². The summed E-state index contributed by atoms with van der Waals surface area (Å²) in [6.07, 6.45) is 5.88. The number of fused-ring (bicyclic) bond motifs is 1. The number of anilines is 2. The second-order valence-electron chi connectivity index (χ2n) is 10.6. The number of nitrogens with one attached hydrogen (secondary N) is 1. The molecular weight excluding hydrogens is 470 g/mol. The molecule has 3 aromatic rings. The lowest BCUT2D eigenvalue weighted by molar-refractivity contribution is -0.112. The lowest BCUT2D eigenvalue weighted by Crippen LogP contribution is -2.36. The van der Waals surface area contributed by atoms with Crippen molar-refractivity contribution in [2.24, 2.45) is 0 Å². The molecule has 5 nitrogen and oxygen atoms in total. The molecule has 1 N–H and O–H groups in total. The first-order valence-corrected chi connectivity index (χ1v) is 13.8. The summed E-state index contributed by atoms with van der Waals surface area (Å²) in [5, 5.41) is 3.16. The van der Waals surface area contributed by atoms with Crippen LogP contribution in [0.1, 0.15) is 54.5 Å². The van der Waals surface area contributed by atoms with Crippen LogP contribution in [0.2, 0.25) is 0 Å². The van der Waals surface area contributed by atoms with Gasteiger partial charge in [-0.05, 0) is 72.8 Å². The van der Waals surface area contributed by atoms with Crippen molar-refractivity contribution in [1.82, 2.24) is 4.90 Å². The molecule has 5 rings (SSSR count). The fraction of sp³-hybridized carbons (Fsp3) is 0.364. The molecule has 0 aliphatic carbocycles. The van der Waals surface area contributed by atoms with Crippen LogP contribution in [-0.4, -0.2) is 44.2 Å². The quantitative estimate of drug-likeness (QED) is 0.397. The summed E-state index contributed by atoms with van der Waals surface area (Å²) < 4.78 is 5.50. The first kappa shape index (κ1) is 26.2. The molecule has 0 saturated carbocycles. The Balaban J connectivity index is 1.32. The van der Waals surface area contributed by atoms with Crippen molar-refractivity contribution in [1.29, 1.82) is 0 Å². The molecule has 0 radical (unpaired) electrons. The molecule has 0 bridgehead atoms. The second-order valence-corrected chi connectivity index (χ2v) is 10.6.